The van der Waals surface area contributed by atoms with E-state index in [1.165, 1.54) is 10.7 Å². The van der Waals surface area contributed by atoms with Crippen molar-refractivity contribution in [2.75, 3.05) is 19.6 Å². The first kappa shape index (κ1) is 16.6. The monoisotopic (exact) mass is 283 g/mol. The Labute approximate surface area is 122 Å². The van der Waals surface area contributed by atoms with Gasteiger partial charge in [0.15, 0.2) is 0 Å². The first-order valence-electron chi connectivity index (χ1n) is 7.23. The summed E-state index contributed by atoms with van der Waals surface area (Å²) < 4.78 is 0. The van der Waals surface area contributed by atoms with Gasteiger partial charge >= 0.3 is 0 Å². The van der Waals surface area contributed by atoms with Crippen LogP contribution in [0.2, 0.25) is 0 Å². The highest BCUT2D eigenvalue weighted by Crippen LogP contribution is 2.24. The van der Waals surface area contributed by atoms with Crippen LogP contribution in [0.4, 0.5) is 0 Å². The smallest absolute Gasteiger partial charge is 0.107 e. The number of nitrogens with zero attached hydrogens (tertiary/aromatic N) is 2. The molecule has 1 heterocycles. The Balaban J connectivity index is 2.49. The van der Waals surface area contributed by atoms with Gasteiger partial charge in [0.2, 0.25) is 0 Å². The summed E-state index contributed by atoms with van der Waals surface area (Å²) >= 11 is 1.79. The first-order chi connectivity index (χ1) is 8.82. The molecular formula is C15H29N3S. The van der Waals surface area contributed by atoms with Crippen LogP contribution in [-0.4, -0.2) is 35.6 Å². The average Bonchev–Trinajstić information content (AvgIpc) is 2.75. The van der Waals surface area contributed by atoms with Crippen molar-refractivity contribution in [3.63, 3.8) is 0 Å². The summed E-state index contributed by atoms with van der Waals surface area (Å²) in [4.78, 5) is 7.21. The molecule has 0 saturated heterocycles. The summed E-state index contributed by atoms with van der Waals surface area (Å²) in [5.41, 5.74) is 1.37. The van der Waals surface area contributed by atoms with Crippen LogP contribution in [0.3, 0.4) is 0 Å². The summed E-state index contributed by atoms with van der Waals surface area (Å²) in [5.74, 6) is 0. The van der Waals surface area contributed by atoms with Crippen molar-refractivity contribution in [3.8, 4) is 0 Å². The van der Waals surface area contributed by atoms with Gasteiger partial charge in [0.1, 0.15) is 5.01 Å². The maximum absolute atomic E-state index is 4.77. The van der Waals surface area contributed by atoms with Gasteiger partial charge in [0.25, 0.3) is 0 Å². The lowest BCUT2D eigenvalue weighted by molar-refractivity contribution is 0.275. The van der Waals surface area contributed by atoms with Gasteiger partial charge in [0.05, 0.1) is 12.2 Å². The number of hydrogen-bond donors (Lipinski definition) is 1. The second-order valence-corrected chi connectivity index (χ2v) is 7.30. The van der Waals surface area contributed by atoms with E-state index in [2.05, 4.69) is 57.1 Å². The molecule has 19 heavy (non-hydrogen) atoms. The van der Waals surface area contributed by atoms with Crippen molar-refractivity contribution in [3.05, 3.63) is 16.1 Å². The van der Waals surface area contributed by atoms with Crippen LogP contribution >= 0.6 is 11.3 Å². The zero-order valence-electron chi connectivity index (χ0n) is 13.3. The maximum Gasteiger partial charge on any atom is 0.107 e. The fourth-order valence-corrected chi connectivity index (χ4v) is 2.84. The van der Waals surface area contributed by atoms with Crippen LogP contribution in [0.15, 0.2) is 5.38 Å². The Kier molecular flexibility index (Phi) is 6.43. The molecule has 0 radical (unpaired) electrons. The number of rotatable bonds is 7. The second kappa shape index (κ2) is 7.36. The quantitative estimate of drug-likeness (QED) is 0.832. The minimum Gasteiger partial charge on any atom is -0.313 e. The van der Waals surface area contributed by atoms with Gasteiger partial charge in [-0.05, 0) is 6.54 Å². The third-order valence-corrected chi connectivity index (χ3v) is 3.94. The summed E-state index contributed by atoms with van der Waals surface area (Å²) in [6, 6.07) is 0.561. The third-order valence-electron chi connectivity index (χ3n) is 3.11. The SMILES string of the molecule is CCN(CCNC(C)C)Cc1nc(C(C)(C)C)cs1. The molecule has 0 aliphatic heterocycles. The molecule has 0 aliphatic rings. The van der Waals surface area contributed by atoms with E-state index in [1.807, 2.05) is 0 Å². The highest BCUT2D eigenvalue weighted by Gasteiger charge is 2.18. The lowest BCUT2D eigenvalue weighted by Crippen LogP contribution is -2.34. The van der Waals surface area contributed by atoms with Crippen LogP contribution in [-0.2, 0) is 12.0 Å². The normalized spacial score (nSPS) is 12.6. The van der Waals surface area contributed by atoms with Gasteiger partial charge in [-0.25, -0.2) is 4.98 Å². The molecule has 0 aromatic carbocycles. The van der Waals surface area contributed by atoms with Crippen molar-refractivity contribution in [2.45, 2.75) is 59.5 Å². The van der Waals surface area contributed by atoms with Gasteiger partial charge in [-0.15, -0.1) is 11.3 Å². The van der Waals surface area contributed by atoms with Crippen molar-refractivity contribution < 1.29 is 0 Å². The molecule has 0 bridgehead atoms. The lowest BCUT2D eigenvalue weighted by Gasteiger charge is -2.20. The minimum absolute atomic E-state index is 0.158. The fraction of sp³-hybridized carbons (Fsp3) is 0.800. The van der Waals surface area contributed by atoms with Crippen molar-refractivity contribution in [2.24, 2.45) is 0 Å². The summed E-state index contributed by atoms with van der Waals surface area (Å²) in [7, 11) is 0. The molecule has 0 atom stereocenters. The zero-order valence-corrected chi connectivity index (χ0v) is 14.1. The highest BCUT2D eigenvalue weighted by molar-refractivity contribution is 7.09. The zero-order chi connectivity index (χ0) is 14.5. The molecule has 3 nitrogen and oxygen atoms in total. The first-order valence-corrected chi connectivity index (χ1v) is 8.11. The van der Waals surface area contributed by atoms with Gasteiger partial charge in [-0.1, -0.05) is 41.5 Å². The Hall–Kier alpha value is -0.450. The molecule has 0 unspecified atom stereocenters. The molecular weight excluding hydrogens is 254 g/mol. The van der Waals surface area contributed by atoms with E-state index in [0.717, 1.165) is 26.2 Å². The van der Waals surface area contributed by atoms with Crippen molar-refractivity contribution in [1.82, 2.24) is 15.2 Å². The second-order valence-electron chi connectivity index (χ2n) is 6.35. The van der Waals surface area contributed by atoms with Gasteiger partial charge in [-0.2, -0.15) is 0 Å². The Morgan fingerprint density at radius 3 is 2.53 bits per heavy atom. The number of aromatic nitrogens is 1. The van der Waals surface area contributed by atoms with Crippen molar-refractivity contribution >= 4 is 11.3 Å². The van der Waals surface area contributed by atoms with Crippen molar-refractivity contribution in [1.29, 1.82) is 0 Å². The summed E-state index contributed by atoms with van der Waals surface area (Å²) in [6.45, 7) is 17.4. The largest absolute Gasteiger partial charge is 0.313 e. The number of hydrogen-bond acceptors (Lipinski definition) is 4. The van der Waals surface area contributed by atoms with E-state index in [-0.39, 0.29) is 5.41 Å². The van der Waals surface area contributed by atoms with E-state index < -0.39 is 0 Å². The topological polar surface area (TPSA) is 28.2 Å². The van der Waals surface area contributed by atoms with E-state index in [0.29, 0.717) is 6.04 Å². The van der Waals surface area contributed by atoms with Crippen LogP contribution in [0.1, 0.15) is 52.2 Å². The van der Waals surface area contributed by atoms with Gasteiger partial charge in [-0.3, -0.25) is 4.90 Å². The molecule has 1 aromatic heterocycles. The maximum atomic E-state index is 4.77. The van der Waals surface area contributed by atoms with Crippen LogP contribution in [0.5, 0.6) is 0 Å². The van der Waals surface area contributed by atoms with E-state index >= 15 is 0 Å². The lowest BCUT2D eigenvalue weighted by atomic mass is 9.93. The predicted molar refractivity (Wildman–Crippen MR) is 84.9 cm³/mol. The van der Waals surface area contributed by atoms with Crippen LogP contribution < -0.4 is 5.32 Å². The fourth-order valence-electron chi connectivity index (χ4n) is 1.78. The number of nitrogens with one attached hydrogen (secondary N) is 1. The third kappa shape index (κ3) is 6.02. The number of likely N-dealkylation sites (N-methyl/N-ethyl adjacent to an activating group) is 1. The molecule has 0 aliphatic carbocycles. The predicted octanol–water partition coefficient (Wildman–Crippen LogP) is 3.26. The highest BCUT2D eigenvalue weighted by atomic mass is 32.1. The Bertz CT molecular complexity index is 366. The Morgan fingerprint density at radius 1 is 1.37 bits per heavy atom. The van der Waals surface area contributed by atoms with Gasteiger partial charge in [0, 0.05) is 29.9 Å². The van der Waals surface area contributed by atoms with E-state index in [1.54, 1.807) is 11.3 Å². The standard InChI is InChI=1S/C15H29N3S/c1-7-18(9-8-16-12(2)3)10-14-17-13(11-19-14)15(4,5)6/h11-12,16H,7-10H2,1-6H3. The summed E-state index contributed by atoms with van der Waals surface area (Å²) in [5, 5.41) is 6.90. The minimum atomic E-state index is 0.158. The van der Waals surface area contributed by atoms with Crippen LogP contribution in [0, 0.1) is 0 Å². The van der Waals surface area contributed by atoms with E-state index in [9.17, 15) is 0 Å². The molecule has 0 saturated carbocycles. The Morgan fingerprint density at radius 2 is 2.05 bits per heavy atom. The molecule has 0 spiro atoms. The molecule has 0 amide bonds. The molecule has 1 aromatic rings. The summed E-state index contributed by atoms with van der Waals surface area (Å²) in [6.07, 6.45) is 0. The molecule has 1 N–H and O–H groups in total. The molecule has 1 rings (SSSR count). The number of thiazole rings is 1. The van der Waals surface area contributed by atoms with Gasteiger partial charge < -0.3 is 5.32 Å². The molecule has 110 valence electrons. The van der Waals surface area contributed by atoms with E-state index in [4.69, 9.17) is 4.98 Å². The molecule has 4 heteroatoms. The van der Waals surface area contributed by atoms with Crippen LogP contribution in [0.25, 0.3) is 0 Å². The molecule has 0 fully saturated rings. The average molecular weight is 283 g/mol.